The first-order valence-electron chi connectivity index (χ1n) is 5.04. The summed E-state index contributed by atoms with van der Waals surface area (Å²) in [6.07, 6.45) is 0.659. The van der Waals surface area contributed by atoms with Crippen molar-refractivity contribution in [2.75, 3.05) is 0 Å². The molecule has 2 N–H and O–H groups in total. The number of fused-ring (bicyclic) bond motifs is 1. The summed E-state index contributed by atoms with van der Waals surface area (Å²) in [6, 6.07) is 5.50. The molecule has 0 saturated heterocycles. The number of rotatable bonds is 2. The molecule has 2 unspecified atom stereocenters. The Morgan fingerprint density at radius 1 is 1.56 bits per heavy atom. The number of aliphatic carboxylic acids is 1. The molecule has 0 aliphatic heterocycles. The molecular formula is C11H9ClN2O2. The molecule has 1 fully saturated rings. The molecule has 1 heterocycles. The monoisotopic (exact) mass is 236 g/mol. The van der Waals surface area contributed by atoms with Crippen LogP contribution in [0.5, 0.6) is 0 Å². The van der Waals surface area contributed by atoms with Crippen LogP contribution in [0.3, 0.4) is 0 Å². The Kier molecular flexibility index (Phi) is 1.94. The Hall–Kier alpha value is -1.55. The molecule has 1 aromatic carbocycles. The number of nitrogens with zero attached hydrogens (tertiary/aromatic N) is 1. The number of aromatic nitrogens is 2. The van der Waals surface area contributed by atoms with Crippen molar-refractivity contribution in [2.45, 2.75) is 12.3 Å². The molecule has 1 aromatic heterocycles. The lowest BCUT2D eigenvalue weighted by Crippen LogP contribution is -1.99. The maximum atomic E-state index is 10.8. The second-order valence-corrected chi connectivity index (χ2v) is 4.45. The number of carboxylic acid groups (broad SMARTS) is 1. The van der Waals surface area contributed by atoms with Gasteiger partial charge in [-0.05, 0) is 18.6 Å². The number of aromatic amines is 1. The summed E-state index contributed by atoms with van der Waals surface area (Å²) in [5.41, 5.74) is 1.58. The van der Waals surface area contributed by atoms with E-state index in [-0.39, 0.29) is 11.8 Å². The van der Waals surface area contributed by atoms with Crippen LogP contribution in [0.1, 0.15) is 18.2 Å². The first-order valence-corrected chi connectivity index (χ1v) is 5.41. The zero-order valence-electron chi connectivity index (χ0n) is 8.27. The second kappa shape index (κ2) is 3.22. The highest BCUT2D eigenvalue weighted by Crippen LogP contribution is 2.46. The van der Waals surface area contributed by atoms with Crippen molar-refractivity contribution < 1.29 is 9.90 Å². The maximum Gasteiger partial charge on any atom is 0.307 e. The first-order chi connectivity index (χ1) is 7.66. The van der Waals surface area contributed by atoms with Gasteiger partial charge in [0.25, 0.3) is 0 Å². The minimum Gasteiger partial charge on any atom is -0.481 e. The van der Waals surface area contributed by atoms with Crippen LogP contribution in [0.25, 0.3) is 11.0 Å². The topological polar surface area (TPSA) is 66.0 Å². The van der Waals surface area contributed by atoms with Crippen LogP contribution in [0.15, 0.2) is 18.2 Å². The number of carboxylic acids is 1. The van der Waals surface area contributed by atoms with Gasteiger partial charge in [-0.25, -0.2) is 4.98 Å². The van der Waals surface area contributed by atoms with Gasteiger partial charge in [-0.15, -0.1) is 0 Å². The van der Waals surface area contributed by atoms with E-state index in [2.05, 4.69) is 9.97 Å². The smallest absolute Gasteiger partial charge is 0.307 e. The van der Waals surface area contributed by atoms with Crippen molar-refractivity contribution in [1.29, 1.82) is 0 Å². The lowest BCUT2D eigenvalue weighted by Gasteiger charge is -1.89. The summed E-state index contributed by atoms with van der Waals surface area (Å²) in [5.74, 6) is -0.299. The fraction of sp³-hybridized carbons (Fsp3) is 0.273. The maximum absolute atomic E-state index is 10.8. The van der Waals surface area contributed by atoms with E-state index in [1.165, 1.54) is 0 Å². The Labute approximate surface area is 96.3 Å². The van der Waals surface area contributed by atoms with Crippen molar-refractivity contribution in [1.82, 2.24) is 9.97 Å². The van der Waals surface area contributed by atoms with Crippen LogP contribution in [0, 0.1) is 5.92 Å². The third-order valence-electron chi connectivity index (χ3n) is 2.94. The molecule has 3 rings (SSSR count). The zero-order chi connectivity index (χ0) is 11.3. The van der Waals surface area contributed by atoms with Crippen LogP contribution in [0.4, 0.5) is 0 Å². The lowest BCUT2D eigenvalue weighted by molar-refractivity contribution is -0.138. The summed E-state index contributed by atoms with van der Waals surface area (Å²) in [6.45, 7) is 0. The Morgan fingerprint density at radius 3 is 3.00 bits per heavy atom. The van der Waals surface area contributed by atoms with E-state index in [1.807, 2.05) is 12.1 Å². The van der Waals surface area contributed by atoms with Gasteiger partial charge < -0.3 is 10.1 Å². The highest BCUT2D eigenvalue weighted by atomic mass is 35.5. The van der Waals surface area contributed by atoms with E-state index in [4.69, 9.17) is 16.7 Å². The summed E-state index contributed by atoms with van der Waals surface area (Å²) in [7, 11) is 0. The standard InChI is InChI=1S/C11H9ClN2O2/c12-7-2-1-3-8-9(7)14-10(13-8)5-4-6(5)11(15)16/h1-3,5-6H,4H2,(H,13,14)(H,15,16). The average Bonchev–Trinajstić information content (AvgIpc) is 2.92. The molecule has 0 bridgehead atoms. The van der Waals surface area contributed by atoms with Crippen molar-refractivity contribution in [3.8, 4) is 0 Å². The van der Waals surface area contributed by atoms with Crippen LogP contribution in [-0.2, 0) is 4.79 Å². The molecule has 0 amide bonds. The van der Waals surface area contributed by atoms with E-state index in [0.717, 1.165) is 16.9 Å². The Bertz CT molecular complexity index is 578. The van der Waals surface area contributed by atoms with Gasteiger partial charge >= 0.3 is 5.97 Å². The van der Waals surface area contributed by atoms with Crippen LogP contribution in [-0.4, -0.2) is 21.0 Å². The molecule has 4 nitrogen and oxygen atoms in total. The molecule has 82 valence electrons. The summed E-state index contributed by atoms with van der Waals surface area (Å²) in [5, 5.41) is 9.44. The number of benzene rings is 1. The Balaban J connectivity index is 2.01. The van der Waals surface area contributed by atoms with Crippen molar-refractivity contribution in [3.05, 3.63) is 29.0 Å². The van der Waals surface area contributed by atoms with Gasteiger partial charge in [-0.1, -0.05) is 17.7 Å². The first kappa shape index (κ1) is 9.66. The molecule has 1 aliphatic carbocycles. The van der Waals surface area contributed by atoms with E-state index >= 15 is 0 Å². The van der Waals surface area contributed by atoms with Gasteiger partial charge in [0, 0.05) is 5.92 Å². The largest absolute Gasteiger partial charge is 0.481 e. The fourth-order valence-electron chi connectivity index (χ4n) is 1.96. The molecule has 1 aliphatic rings. The predicted molar refractivity (Wildman–Crippen MR) is 59.6 cm³/mol. The molecule has 0 radical (unpaired) electrons. The number of hydrogen-bond acceptors (Lipinski definition) is 2. The second-order valence-electron chi connectivity index (χ2n) is 4.04. The summed E-state index contributed by atoms with van der Waals surface area (Å²) in [4.78, 5) is 18.2. The highest BCUT2D eigenvalue weighted by Gasteiger charge is 2.46. The van der Waals surface area contributed by atoms with Crippen molar-refractivity contribution in [3.63, 3.8) is 0 Å². The number of nitrogens with one attached hydrogen (secondary N) is 1. The number of halogens is 1. The van der Waals surface area contributed by atoms with Gasteiger partial charge in [0.15, 0.2) is 0 Å². The van der Waals surface area contributed by atoms with Gasteiger partial charge in [0.1, 0.15) is 11.3 Å². The van der Waals surface area contributed by atoms with Gasteiger partial charge in [-0.3, -0.25) is 4.79 Å². The molecule has 5 heteroatoms. The molecule has 2 atom stereocenters. The van der Waals surface area contributed by atoms with Gasteiger partial charge in [0.05, 0.1) is 16.5 Å². The highest BCUT2D eigenvalue weighted by molar-refractivity contribution is 6.34. The lowest BCUT2D eigenvalue weighted by atomic mass is 10.3. The number of H-pyrrole nitrogens is 1. The molecule has 0 spiro atoms. The normalized spacial score (nSPS) is 23.6. The average molecular weight is 237 g/mol. The summed E-state index contributed by atoms with van der Waals surface area (Å²) < 4.78 is 0. The number of imidazole rings is 1. The van der Waals surface area contributed by atoms with Crippen LogP contribution in [0.2, 0.25) is 5.02 Å². The fourth-order valence-corrected chi connectivity index (χ4v) is 2.18. The van der Waals surface area contributed by atoms with Gasteiger partial charge in [-0.2, -0.15) is 0 Å². The number of para-hydroxylation sites is 1. The van der Waals surface area contributed by atoms with Crippen LogP contribution < -0.4 is 0 Å². The van der Waals surface area contributed by atoms with Gasteiger partial charge in [0.2, 0.25) is 0 Å². The molecular weight excluding hydrogens is 228 g/mol. The van der Waals surface area contributed by atoms with Crippen molar-refractivity contribution >= 4 is 28.6 Å². The third-order valence-corrected chi connectivity index (χ3v) is 3.25. The minimum absolute atomic E-state index is 0.0148. The minimum atomic E-state index is -0.753. The number of hydrogen-bond donors (Lipinski definition) is 2. The van der Waals surface area contributed by atoms with E-state index in [1.54, 1.807) is 6.07 Å². The molecule has 1 saturated carbocycles. The SMILES string of the molecule is O=C(O)C1CC1c1nc2c(Cl)cccc2[nH]1. The van der Waals surface area contributed by atoms with E-state index in [0.29, 0.717) is 11.4 Å². The van der Waals surface area contributed by atoms with E-state index in [9.17, 15) is 4.79 Å². The quantitative estimate of drug-likeness (QED) is 0.842. The molecule has 2 aromatic rings. The predicted octanol–water partition coefficient (Wildman–Crippen LogP) is 2.40. The Morgan fingerprint density at radius 2 is 2.38 bits per heavy atom. The molecule has 16 heavy (non-hydrogen) atoms. The number of carbonyl (C=O) groups is 1. The zero-order valence-corrected chi connectivity index (χ0v) is 9.03. The van der Waals surface area contributed by atoms with Crippen molar-refractivity contribution in [2.24, 2.45) is 5.92 Å². The summed E-state index contributed by atoms with van der Waals surface area (Å²) >= 11 is 6.00. The third kappa shape index (κ3) is 1.38. The van der Waals surface area contributed by atoms with E-state index < -0.39 is 5.97 Å². The van der Waals surface area contributed by atoms with Crippen LogP contribution >= 0.6 is 11.6 Å².